The monoisotopic (exact) mass is 443 g/mol. The first-order chi connectivity index (χ1) is 15.3. The van der Waals surface area contributed by atoms with E-state index in [1.54, 1.807) is 24.4 Å². The van der Waals surface area contributed by atoms with Gasteiger partial charge in [0.25, 0.3) is 0 Å². The van der Waals surface area contributed by atoms with Gasteiger partial charge < -0.3 is 14.4 Å². The van der Waals surface area contributed by atoms with Crippen LogP contribution in [0.2, 0.25) is 0 Å². The van der Waals surface area contributed by atoms with Gasteiger partial charge in [0.15, 0.2) is 0 Å². The van der Waals surface area contributed by atoms with E-state index in [0.29, 0.717) is 53.9 Å². The summed E-state index contributed by atoms with van der Waals surface area (Å²) in [5.74, 6) is -6.63. The first-order valence-electron chi connectivity index (χ1n) is 10.3. The van der Waals surface area contributed by atoms with Crippen molar-refractivity contribution in [3.8, 4) is 5.69 Å². The lowest BCUT2D eigenvalue weighted by Crippen LogP contribution is -2.31. The van der Waals surface area contributed by atoms with Crippen LogP contribution >= 0.6 is 0 Å². The third-order valence-electron chi connectivity index (χ3n) is 6.08. The van der Waals surface area contributed by atoms with Gasteiger partial charge in [0.1, 0.15) is 5.82 Å². The van der Waals surface area contributed by atoms with Gasteiger partial charge in [-0.2, -0.15) is 13.9 Å². The van der Waals surface area contributed by atoms with E-state index in [1.807, 2.05) is 10.6 Å². The number of H-pyrrole nitrogens is 1. The van der Waals surface area contributed by atoms with Crippen LogP contribution in [0.4, 0.5) is 13.2 Å². The molecule has 1 saturated heterocycles. The van der Waals surface area contributed by atoms with Crippen LogP contribution in [0.3, 0.4) is 0 Å². The second-order valence-electron chi connectivity index (χ2n) is 8.08. The quantitative estimate of drug-likeness (QED) is 0.464. The number of aliphatic carboxylic acids is 1. The van der Waals surface area contributed by atoms with Gasteiger partial charge in [-0.1, -0.05) is 0 Å². The number of nitrogens with zero attached hydrogens (tertiary/aromatic N) is 2. The summed E-state index contributed by atoms with van der Waals surface area (Å²) in [6.07, 6.45) is 1.92. The van der Waals surface area contributed by atoms with Gasteiger partial charge in [-0.15, -0.1) is 0 Å². The maximum atomic E-state index is 14.5. The fourth-order valence-electron chi connectivity index (χ4n) is 4.56. The summed E-state index contributed by atoms with van der Waals surface area (Å²) >= 11 is 0. The highest BCUT2D eigenvalue weighted by Gasteiger charge is 2.42. The molecule has 0 spiro atoms. The first-order valence-corrected chi connectivity index (χ1v) is 10.3. The number of rotatable bonds is 5. The normalized spacial score (nSPS) is 15.6. The molecule has 3 heterocycles. The predicted octanol–water partition coefficient (Wildman–Crippen LogP) is 4.80. The molecule has 0 atom stereocenters. The van der Waals surface area contributed by atoms with Crippen LogP contribution in [0.25, 0.3) is 27.5 Å². The number of carbonyl (C=O) groups is 1. The number of benzene rings is 2. The Kier molecular flexibility index (Phi) is 4.93. The van der Waals surface area contributed by atoms with Crippen molar-refractivity contribution in [2.24, 2.45) is 0 Å². The van der Waals surface area contributed by atoms with E-state index in [-0.39, 0.29) is 11.5 Å². The Morgan fingerprint density at radius 3 is 2.62 bits per heavy atom. The number of ether oxygens (including phenoxy) is 1. The lowest BCUT2D eigenvalue weighted by atomic mass is 9.90. The molecular weight excluding hydrogens is 423 g/mol. The standard InChI is InChI=1S/C23H20F3N3O3/c24-15-1-3-16(4-2-15)29-20-9-14-12-27-28-19(14)10-17(20)18(11-23(25,26)22(30)31)21(29)13-5-7-32-8-6-13/h1-4,9-10,12-13H,5-8,11H2,(H,27,28)(H,30,31). The maximum Gasteiger partial charge on any atom is 0.374 e. The molecule has 0 aliphatic carbocycles. The van der Waals surface area contributed by atoms with E-state index in [9.17, 15) is 18.0 Å². The number of carboxylic acid groups (broad SMARTS) is 1. The second kappa shape index (κ2) is 7.67. The highest BCUT2D eigenvalue weighted by atomic mass is 19.3. The predicted molar refractivity (Wildman–Crippen MR) is 112 cm³/mol. The van der Waals surface area contributed by atoms with Crippen molar-refractivity contribution in [3.05, 3.63) is 59.7 Å². The van der Waals surface area contributed by atoms with Crippen molar-refractivity contribution >= 4 is 27.8 Å². The molecular formula is C23H20F3N3O3. The van der Waals surface area contributed by atoms with Crippen molar-refractivity contribution in [2.45, 2.75) is 31.1 Å². The topological polar surface area (TPSA) is 80.1 Å². The van der Waals surface area contributed by atoms with E-state index in [2.05, 4.69) is 10.2 Å². The number of aromatic amines is 1. The van der Waals surface area contributed by atoms with Crippen molar-refractivity contribution in [2.75, 3.05) is 13.2 Å². The molecule has 166 valence electrons. The summed E-state index contributed by atoms with van der Waals surface area (Å²) in [6, 6.07) is 9.39. The fraction of sp³-hybridized carbons (Fsp3) is 0.304. The summed E-state index contributed by atoms with van der Waals surface area (Å²) in [5, 5.41) is 17.3. The van der Waals surface area contributed by atoms with Crippen LogP contribution in [0.1, 0.15) is 30.0 Å². The molecule has 4 aromatic rings. The summed E-state index contributed by atoms with van der Waals surface area (Å²) in [6.45, 7) is 0.962. The highest BCUT2D eigenvalue weighted by molar-refractivity contribution is 5.99. The lowest BCUT2D eigenvalue weighted by Gasteiger charge is -2.26. The number of fused-ring (bicyclic) bond motifs is 2. The number of carboxylic acids is 1. The highest BCUT2D eigenvalue weighted by Crippen LogP contribution is 2.41. The summed E-state index contributed by atoms with van der Waals surface area (Å²) in [5.41, 5.74) is 2.82. The maximum absolute atomic E-state index is 14.5. The molecule has 9 heteroatoms. The second-order valence-corrected chi connectivity index (χ2v) is 8.08. The van der Waals surface area contributed by atoms with Crippen molar-refractivity contribution < 1.29 is 27.8 Å². The van der Waals surface area contributed by atoms with Crippen molar-refractivity contribution in [1.82, 2.24) is 14.8 Å². The summed E-state index contributed by atoms with van der Waals surface area (Å²) in [7, 11) is 0. The number of hydrogen-bond acceptors (Lipinski definition) is 3. The minimum Gasteiger partial charge on any atom is -0.477 e. The number of hydrogen-bond donors (Lipinski definition) is 2. The molecule has 32 heavy (non-hydrogen) atoms. The van der Waals surface area contributed by atoms with Gasteiger partial charge in [-0.05, 0) is 54.8 Å². The zero-order chi connectivity index (χ0) is 22.5. The molecule has 0 amide bonds. The molecule has 0 bridgehead atoms. The van der Waals surface area contributed by atoms with E-state index in [1.165, 1.54) is 12.1 Å². The molecule has 0 saturated carbocycles. The van der Waals surface area contributed by atoms with Crippen LogP contribution in [0, 0.1) is 5.82 Å². The van der Waals surface area contributed by atoms with Crippen LogP contribution in [-0.2, 0) is 16.0 Å². The summed E-state index contributed by atoms with van der Waals surface area (Å²) in [4.78, 5) is 11.3. The van der Waals surface area contributed by atoms with Crippen LogP contribution in [-0.4, -0.2) is 45.0 Å². The van der Waals surface area contributed by atoms with Gasteiger partial charge in [-0.25, -0.2) is 9.18 Å². The molecule has 5 rings (SSSR count). The molecule has 2 N–H and O–H groups in total. The van der Waals surface area contributed by atoms with E-state index in [0.717, 1.165) is 5.39 Å². The molecule has 1 fully saturated rings. The van der Waals surface area contributed by atoms with E-state index in [4.69, 9.17) is 9.84 Å². The third kappa shape index (κ3) is 3.42. The van der Waals surface area contributed by atoms with Crippen LogP contribution in [0.5, 0.6) is 0 Å². The minimum absolute atomic E-state index is 0.114. The van der Waals surface area contributed by atoms with Crippen molar-refractivity contribution in [3.63, 3.8) is 0 Å². The SMILES string of the molecule is O=C(O)C(F)(F)Cc1c(C2CCOCC2)n(-c2ccc(F)cc2)c2cc3cn[nH]c3cc12. The molecule has 0 radical (unpaired) electrons. The average Bonchev–Trinajstić information content (AvgIpc) is 3.35. The lowest BCUT2D eigenvalue weighted by molar-refractivity contribution is -0.164. The first kappa shape index (κ1) is 20.6. The zero-order valence-electron chi connectivity index (χ0n) is 16.9. The number of nitrogens with one attached hydrogen (secondary N) is 1. The average molecular weight is 443 g/mol. The van der Waals surface area contributed by atoms with Crippen LogP contribution < -0.4 is 0 Å². The Labute approximate surface area is 180 Å². The zero-order valence-corrected chi connectivity index (χ0v) is 16.9. The van der Waals surface area contributed by atoms with E-state index < -0.39 is 24.1 Å². The summed E-state index contributed by atoms with van der Waals surface area (Å²) < 4.78 is 50.0. The molecule has 6 nitrogen and oxygen atoms in total. The molecule has 2 aromatic heterocycles. The Morgan fingerprint density at radius 1 is 1.22 bits per heavy atom. The Balaban J connectivity index is 1.85. The van der Waals surface area contributed by atoms with Gasteiger partial charge in [-0.3, -0.25) is 5.10 Å². The Bertz CT molecular complexity index is 1310. The fourth-order valence-corrected chi connectivity index (χ4v) is 4.56. The molecule has 2 aromatic carbocycles. The van der Waals surface area contributed by atoms with Gasteiger partial charge >= 0.3 is 11.9 Å². The minimum atomic E-state index is -3.94. The third-order valence-corrected chi connectivity index (χ3v) is 6.08. The molecule has 1 aliphatic rings. The van der Waals surface area contributed by atoms with Crippen LogP contribution in [0.15, 0.2) is 42.6 Å². The number of aromatic nitrogens is 3. The van der Waals surface area contributed by atoms with Gasteiger partial charge in [0, 0.05) is 41.3 Å². The number of alkyl halides is 2. The number of halogens is 3. The van der Waals surface area contributed by atoms with Gasteiger partial charge in [0.05, 0.1) is 23.7 Å². The Morgan fingerprint density at radius 2 is 1.94 bits per heavy atom. The van der Waals surface area contributed by atoms with Gasteiger partial charge in [0.2, 0.25) is 0 Å². The smallest absolute Gasteiger partial charge is 0.374 e. The Hall–Kier alpha value is -3.33. The molecule has 0 unspecified atom stereocenters. The largest absolute Gasteiger partial charge is 0.477 e. The molecule has 1 aliphatic heterocycles. The van der Waals surface area contributed by atoms with Crippen molar-refractivity contribution in [1.29, 1.82) is 0 Å². The van der Waals surface area contributed by atoms with E-state index >= 15 is 0 Å².